The molecular weight excluding hydrogens is 1850 g/mol. The van der Waals surface area contributed by atoms with E-state index in [1.165, 1.54) is 26.2 Å². The zero-order chi connectivity index (χ0) is 97.4. The summed E-state index contributed by atoms with van der Waals surface area (Å²) < 4.78 is 142. The Hall–Kier alpha value is -8.62. The van der Waals surface area contributed by atoms with E-state index in [1.54, 1.807) is 155 Å². The van der Waals surface area contributed by atoms with Crippen LogP contribution in [0.15, 0.2) is 97.1 Å². The van der Waals surface area contributed by atoms with Crippen LogP contribution in [0.3, 0.4) is 0 Å². The van der Waals surface area contributed by atoms with Crippen LogP contribution in [0, 0.1) is 0 Å². The van der Waals surface area contributed by atoms with Crippen molar-refractivity contribution in [3.63, 3.8) is 0 Å². The van der Waals surface area contributed by atoms with E-state index in [-0.39, 0.29) is 18.4 Å². The SMILES string of the molecule is CO[Si](CCCN)(OC)OC.CO[Si](CCCN)(OC)OC.CO[Si](CCCN)(OC)OC.CO[Si](CCCN)(OC)OC.CO[Si](CCCN)(OC)OC.CO[Si](CCCN1C(=O)c2ccc3c4ccc5c6c(ccc(c7ccc(c2c37)C1=O)c64)C(=O)OC5=O)(OC)OC.O=C1OC(=O)c2ccc3c4ccc5c6c(ccc(c7ccc1c2c73)c64)C(=O)OC5=O.O=[Si]=O.O=[Si]=O. The predicted molar refractivity (Wildman–Crippen MR) is 497 cm³/mol. The third-order valence-electron chi connectivity index (χ3n) is 22.5. The molecule has 0 unspecified atom stereocenters. The lowest BCUT2D eigenvalue weighted by atomic mass is 9.83. The van der Waals surface area contributed by atoms with Crippen LogP contribution in [-0.2, 0) is 112 Å². The lowest BCUT2D eigenvalue weighted by Crippen LogP contribution is -2.45. The molecule has 14 rings (SSSR count). The summed E-state index contributed by atoms with van der Waals surface area (Å²) in [5, 5.41) is 12.1. The first-order valence-corrected chi connectivity index (χ1v) is 54.1. The lowest BCUT2D eigenvalue weighted by molar-refractivity contribution is 0.0373. The minimum absolute atomic E-state index is 0.199. The summed E-state index contributed by atoms with van der Waals surface area (Å²) in [4.78, 5) is 103. The number of carbonyl (C=O) groups is 8. The van der Waals surface area contributed by atoms with Crippen molar-refractivity contribution in [1.82, 2.24) is 4.90 Å². The van der Waals surface area contributed by atoms with Crippen LogP contribution < -0.4 is 28.7 Å². The minimum Gasteiger partial charge on any atom is -0.386 e. The Morgan fingerprint density at radius 2 is 0.366 bits per heavy atom. The normalized spacial score (nSPS) is 13.4. The molecule has 10 N–H and O–H groups in total. The number of ether oxygens (including phenoxy) is 3. The highest BCUT2D eigenvalue weighted by molar-refractivity contribution is 6.62. The molecule has 0 radical (unpaired) electrons. The van der Waals surface area contributed by atoms with Crippen molar-refractivity contribution >= 4 is 205 Å². The number of carbonyl (C=O) groups excluding carboxylic acids is 8. The maximum absolute atomic E-state index is 13.7. The van der Waals surface area contributed by atoms with Gasteiger partial charge in [-0.25, -0.2) is 28.8 Å². The molecule has 10 aromatic carbocycles. The van der Waals surface area contributed by atoms with Crippen molar-refractivity contribution in [2.75, 3.05) is 167 Å². The van der Waals surface area contributed by atoms with Gasteiger partial charge in [-0.2, -0.15) is 0 Å². The molecule has 2 amide bonds. The zero-order valence-corrected chi connectivity index (χ0v) is 84.8. The largest absolute Gasteiger partial charge is 0.549 e. The van der Waals surface area contributed by atoms with Gasteiger partial charge in [-0.15, -0.1) is 0 Å². The van der Waals surface area contributed by atoms with Gasteiger partial charge in [-0.1, -0.05) is 48.5 Å². The number of esters is 6. The zero-order valence-electron chi connectivity index (χ0n) is 76.8. The van der Waals surface area contributed by atoms with Crippen LogP contribution in [0.2, 0.25) is 36.3 Å². The van der Waals surface area contributed by atoms with Crippen molar-refractivity contribution in [1.29, 1.82) is 0 Å². The van der Waals surface area contributed by atoms with Crippen LogP contribution in [0.5, 0.6) is 0 Å². The summed E-state index contributed by atoms with van der Waals surface area (Å²) in [5.74, 6) is -4.72. The molecule has 47 heteroatoms. The maximum atomic E-state index is 13.7. The summed E-state index contributed by atoms with van der Waals surface area (Å²) >= 11 is 0. The topological polar surface area (TPSA) is 532 Å². The standard InChI is InChI=1S/C30H23NO8Si.C24H8O6.5C6H17NO3Si.2O2Si/c1-36-40(37-2,38-3)14-4-13-31-27(32)19-9-5-15-17-7-11-21-26-22(30(35)39-29(21)34)12-8-18(24(17)26)16-6-10-20(28(31)33)25(19)23(15)16;25-21-13-5-1-9-10-2-6-15-20-16(24(28)30-23(15)27)8-4-12(18(10)20)11-3-7-14(22(26)29-21)19(13)17(9)11;5*1-8-11(9-2,10-3)6-4-5-7;2*1-3-2/h5-12H,4,13-14H2,1-3H3;1-8H;5*4-7H2,1-3H3;;. The number of hydrogen-bond acceptors (Lipinski definition) is 38. The van der Waals surface area contributed by atoms with Crippen molar-refractivity contribution in [2.45, 2.75) is 74.8 Å². The molecule has 0 saturated carbocycles. The summed E-state index contributed by atoms with van der Waals surface area (Å²) in [5.41, 5.74) is 29.7. The molecule has 0 atom stereocenters. The van der Waals surface area contributed by atoms with Gasteiger partial charge in [0.1, 0.15) is 0 Å². The van der Waals surface area contributed by atoms with E-state index in [0.29, 0.717) is 111 Å². The lowest BCUT2D eigenvalue weighted by Gasteiger charge is -2.30. The first kappa shape index (κ1) is 111. The molecule has 0 fully saturated rings. The Morgan fingerprint density at radius 3 is 0.511 bits per heavy atom. The highest BCUT2D eigenvalue weighted by atomic mass is 28.4. The fourth-order valence-electron chi connectivity index (χ4n) is 15.7. The molecule has 131 heavy (non-hydrogen) atoms. The van der Waals surface area contributed by atoms with E-state index >= 15 is 0 Å². The summed E-state index contributed by atoms with van der Waals surface area (Å²) in [6.45, 7) is 3.42. The molecule has 10 aromatic rings. The van der Waals surface area contributed by atoms with Crippen molar-refractivity contribution < 1.29 is 150 Å². The highest BCUT2D eigenvalue weighted by Crippen LogP contribution is 2.49. The van der Waals surface area contributed by atoms with E-state index in [2.05, 4.69) is 0 Å². The molecule has 39 nitrogen and oxygen atoms in total. The second-order valence-electron chi connectivity index (χ2n) is 28.6. The number of nitrogens with zero attached hydrogens (tertiary/aromatic N) is 1. The molecule has 0 bridgehead atoms. The number of benzene rings is 10. The van der Waals surface area contributed by atoms with Gasteiger partial charge in [0.2, 0.25) is 0 Å². The highest BCUT2D eigenvalue weighted by Gasteiger charge is 2.44. The second-order valence-corrected chi connectivity index (χ2v) is 47.5. The molecule has 0 aliphatic carbocycles. The number of nitrogens with two attached hydrogens (primary N) is 5. The van der Waals surface area contributed by atoms with E-state index in [0.717, 1.165) is 127 Å². The van der Waals surface area contributed by atoms with Crippen molar-refractivity contribution in [2.24, 2.45) is 28.7 Å². The molecule has 0 saturated heterocycles. The van der Waals surface area contributed by atoms with Gasteiger partial charge >= 0.3 is 107 Å². The first-order chi connectivity index (χ1) is 62.9. The van der Waals surface area contributed by atoms with Crippen molar-refractivity contribution in [3.05, 3.63) is 142 Å². The van der Waals surface area contributed by atoms with Crippen LogP contribution in [0.25, 0.3) is 86.2 Å². The van der Waals surface area contributed by atoms with Gasteiger partial charge in [0.05, 0.1) is 33.4 Å². The van der Waals surface area contributed by atoms with Crippen LogP contribution in [0.1, 0.15) is 121 Å². The second kappa shape index (κ2) is 52.3. The van der Waals surface area contributed by atoms with Crippen LogP contribution in [0.4, 0.5) is 0 Å². The van der Waals surface area contributed by atoms with E-state index in [4.69, 9.17) is 140 Å². The molecule has 712 valence electrons. The molecule has 0 aromatic heterocycles. The smallest absolute Gasteiger partial charge is 0.386 e. The molecule has 4 heterocycles. The number of rotatable bonds is 37. The van der Waals surface area contributed by atoms with Gasteiger partial charge in [0.25, 0.3) is 11.8 Å². The maximum Gasteiger partial charge on any atom is 0.549 e. The number of amides is 2. The summed E-state index contributed by atoms with van der Waals surface area (Å²) in [6, 6.07) is 32.5. The Kier molecular flexibility index (Phi) is 44.4. The molecule has 0 spiro atoms. The first-order valence-electron chi connectivity index (χ1n) is 40.9. The quantitative estimate of drug-likeness (QED) is 0.00460. The van der Waals surface area contributed by atoms with Gasteiger partial charge < -0.3 is 123 Å². The minimum atomic E-state index is -2.85. The van der Waals surface area contributed by atoms with E-state index < -0.39 is 107 Å². The third-order valence-corrected chi connectivity index (χ3v) is 39.5. The van der Waals surface area contributed by atoms with Gasteiger partial charge in [0, 0.05) is 203 Å². The average Bonchev–Trinajstić information content (AvgIpc) is 0.697. The fourth-order valence-corrected chi connectivity index (χ4v) is 26.2. The predicted octanol–water partition coefficient (Wildman–Crippen LogP) is 9.10. The van der Waals surface area contributed by atoms with Crippen LogP contribution >= 0.6 is 0 Å². The number of hydrogen-bond donors (Lipinski definition) is 5. The van der Waals surface area contributed by atoms with Gasteiger partial charge in [-0.05, 0) is 184 Å². The molecule has 4 aliphatic rings. The number of imide groups is 1. The number of fused-ring (bicyclic) bond motifs is 4. The van der Waals surface area contributed by atoms with Gasteiger partial charge in [-0.3, -0.25) is 32.3 Å². The Balaban J connectivity index is 0.000000254. The molecule has 4 aliphatic heterocycles. The molecular formula is C84H116N6O33Si8. The summed E-state index contributed by atoms with van der Waals surface area (Å²) in [7, 11) is 11.4. The third kappa shape index (κ3) is 24.6. The number of cyclic esters (lactones) is 6. The van der Waals surface area contributed by atoms with Crippen molar-refractivity contribution in [3.8, 4) is 0 Å². The van der Waals surface area contributed by atoms with E-state index in [9.17, 15) is 38.4 Å². The monoisotopic (exact) mass is 1960 g/mol. The Morgan fingerprint density at radius 1 is 0.229 bits per heavy atom. The van der Waals surface area contributed by atoms with E-state index in [1.807, 2.05) is 48.5 Å². The summed E-state index contributed by atoms with van der Waals surface area (Å²) in [6.07, 6.45) is 4.85. The van der Waals surface area contributed by atoms with Crippen LogP contribution in [-0.4, -0.2) is 291 Å². The Labute approximate surface area is 768 Å². The fraction of sp³-hybridized carbons (Fsp3) is 0.429. The van der Waals surface area contributed by atoms with Gasteiger partial charge in [0.15, 0.2) is 0 Å². The Bertz CT molecular complexity index is 5110. The average molecular weight is 1960 g/mol.